The summed E-state index contributed by atoms with van der Waals surface area (Å²) in [5, 5.41) is 0. The molecule has 0 bridgehead atoms. The number of rotatable bonds is 20. The first kappa shape index (κ1) is 36.4. The van der Waals surface area contributed by atoms with Crippen molar-refractivity contribution in [3.8, 4) is 0 Å². The molecule has 0 aliphatic rings. The van der Waals surface area contributed by atoms with E-state index in [2.05, 4.69) is 6.92 Å². The summed E-state index contributed by atoms with van der Waals surface area (Å²) in [7, 11) is 0. The molecule has 0 aliphatic heterocycles. The van der Waals surface area contributed by atoms with E-state index < -0.39 is 29.3 Å². The second-order valence-electron chi connectivity index (χ2n) is 12.6. The summed E-state index contributed by atoms with van der Waals surface area (Å²) in [6.07, 6.45) is 16.7. The number of imide groups is 1. The third kappa shape index (κ3) is 19.4. The lowest BCUT2D eigenvalue weighted by atomic mass is 10.0. The van der Waals surface area contributed by atoms with Crippen molar-refractivity contribution < 1.29 is 23.9 Å². The third-order valence-corrected chi connectivity index (χ3v) is 6.28. The molecule has 0 aromatic rings. The number of unbranched alkanes of at least 4 members (excludes halogenated alkanes) is 13. The summed E-state index contributed by atoms with van der Waals surface area (Å²) in [5.74, 6) is -0.968. The van der Waals surface area contributed by atoms with Crippen molar-refractivity contribution in [2.45, 2.75) is 175 Å². The van der Waals surface area contributed by atoms with E-state index in [4.69, 9.17) is 15.2 Å². The van der Waals surface area contributed by atoms with Crippen LogP contribution in [-0.4, -0.2) is 46.7 Å². The van der Waals surface area contributed by atoms with Gasteiger partial charge >= 0.3 is 12.1 Å². The number of nitrogens with two attached hydrogens (primary N) is 1. The van der Waals surface area contributed by atoms with E-state index in [1.807, 2.05) is 0 Å². The number of carbonyl (C=O) groups excluding carboxylic acids is 3. The zero-order valence-corrected chi connectivity index (χ0v) is 25.9. The highest BCUT2D eigenvalue weighted by molar-refractivity contribution is 5.97. The van der Waals surface area contributed by atoms with Gasteiger partial charge in [-0.05, 0) is 73.8 Å². The van der Waals surface area contributed by atoms with Gasteiger partial charge in [0.25, 0.3) is 0 Å². The lowest BCUT2D eigenvalue weighted by molar-refractivity contribution is -0.164. The Morgan fingerprint density at radius 2 is 1.11 bits per heavy atom. The van der Waals surface area contributed by atoms with Crippen LogP contribution in [0.5, 0.6) is 0 Å². The first-order valence-corrected chi connectivity index (χ1v) is 15.3. The number of esters is 1. The third-order valence-electron chi connectivity index (χ3n) is 6.28. The van der Waals surface area contributed by atoms with Gasteiger partial charge in [0.1, 0.15) is 17.2 Å². The molecule has 1 atom stereocenters. The Morgan fingerprint density at radius 1 is 0.658 bits per heavy atom. The monoisotopic (exact) mass is 540 g/mol. The van der Waals surface area contributed by atoms with Crippen molar-refractivity contribution in [2.24, 2.45) is 5.73 Å². The second-order valence-corrected chi connectivity index (χ2v) is 12.6. The van der Waals surface area contributed by atoms with Gasteiger partial charge in [0.15, 0.2) is 0 Å². The largest absolute Gasteiger partial charge is 0.458 e. The highest BCUT2D eigenvalue weighted by atomic mass is 16.6. The molecule has 224 valence electrons. The molecule has 0 fully saturated rings. The van der Waals surface area contributed by atoms with Crippen LogP contribution < -0.4 is 5.73 Å². The summed E-state index contributed by atoms with van der Waals surface area (Å²) < 4.78 is 11.1. The summed E-state index contributed by atoms with van der Waals surface area (Å²) in [5.41, 5.74) is 4.12. The molecule has 2 N–H and O–H groups in total. The minimum absolute atomic E-state index is 0.202. The standard InChI is InChI=1S/C31H60N2O5/c1-8-9-10-11-12-13-14-15-16-17-18-19-20-24-27(34)33(29(36)38-31(5,6)7)26(23-21-22-25-32)28(35)37-30(2,3)4/h26H,8-25,32H2,1-7H3/t26-/m0/s1. The molecule has 7 nitrogen and oxygen atoms in total. The van der Waals surface area contributed by atoms with Gasteiger partial charge in [0.05, 0.1) is 0 Å². The average molecular weight is 541 g/mol. The summed E-state index contributed by atoms with van der Waals surface area (Å²) in [6.45, 7) is 13.3. The first-order valence-electron chi connectivity index (χ1n) is 15.3. The number of carbonyl (C=O) groups is 3. The van der Waals surface area contributed by atoms with Crippen LogP contribution in [0.4, 0.5) is 4.79 Å². The van der Waals surface area contributed by atoms with E-state index in [1.54, 1.807) is 41.5 Å². The fourth-order valence-corrected chi connectivity index (χ4v) is 4.33. The highest BCUT2D eigenvalue weighted by Gasteiger charge is 2.39. The molecule has 0 radical (unpaired) electrons. The van der Waals surface area contributed by atoms with Gasteiger partial charge in [0, 0.05) is 6.42 Å². The minimum Gasteiger partial charge on any atom is -0.458 e. The maximum Gasteiger partial charge on any atom is 0.417 e. The average Bonchev–Trinajstić information content (AvgIpc) is 2.79. The van der Waals surface area contributed by atoms with Crippen LogP contribution >= 0.6 is 0 Å². The fourth-order valence-electron chi connectivity index (χ4n) is 4.33. The van der Waals surface area contributed by atoms with Gasteiger partial charge in [-0.25, -0.2) is 14.5 Å². The Balaban J connectivity index is 4.88. The molecule has 0 spiro atoms. The second kappa shape index (κ2) is 20.3. The van der Waals surface area contributed by atoms with Crippen molar-refractivity contribution in [3.63, 3.8) is 0 Å². The predicted octanol–water partition coefficient (Wildman–Crippen LogP) is 8.07. The van der Waals surface area contributed by atoms with Crippen LogP contribution in [-0.2, 0) is 19.1 Å². The molecule has 0 aromatic carbocycles. The quantitative estimate of drug-likeness (QED) is 0.124. The molecule has 0 aliphatic carbocycles. The van der Waals surface area contributed by atoms with E-state index in [1.165, 1.54) is 64.2 Å². The van der Waals surface area contributed by atoms with Crippen LogP contribution in [0.15, 0.2) is 0 Å². The van der Waals surface area contributed by atoms with Crippen LogP contribution in [0, 0.1) is 0 Å². The predicted molar refractivity (Wildman–Crippen MR) is 156 cm³/mol. The molecule has 2 amide bonds. The normalized spacial score (nSPS) is 12.7. The lowest BCUT2D eigenvalue weighted by Gasteiger charge is -2.33. The maximum absolute atomic E-state index is 13.3. The number of hydrogen-bond acceptors (Lipinski definition) is 6. The number of amides is 2. The van der Waals surface area contributed by atoms with E-state index >= 15 is 0 Å². The molecular formula is C31H60N2O5. The smallest absolute Gasteiger partial charge is 0.417 e. The molecule has 0 unspecified atom stereocenters. The van der Waals surface area contributed by atoms with Gasteiger partial charge in [-0.15, -0.1) is 0 Å². The van der Waals surface area contributed by atoms with Crippen molar-refractivity contribution in [1.29, 1.82) is 0 Å². The van der Waals surface area contributed by atoms with Crippen LogP contribution in [0.1, 0.15) is 158 Å². The Morgan fingerprint density at radius 3 is 1.53 bits per heavy atom. The molecule has 38 heavy (non-hydrogen) atoms. The number of ether oxygens (including phenoxy) is 2. The van der Waals surface area contributed by atoms with Crippen molar-refractivity contribution in [3.05, 3.63) is 0 Å². The zero-order valence-electron chi connectivity index (χ0n) is 25.9. The molecule has 0 aromatic heterocycles. The lowest BCUT2D eigenvalue weighted by Crippen LogP contribution is -2.52. The van der Waals surface area contributed by atoms with E-state index in [0.717, 1.165) is 17.7 Å². The van der Waals surface area contributed by atoms with E-state index in [0.29, 0.717) is 32.2 Å². The summed E-state index contributed by atoms with van der Waals surface area (Å²) in [6, 6.07) is -1.02. The van der Waals surface area contributed by atoms with Crippen molar-refractivity contribution in [2.75, 3.05) is 6.54 Å². The summed E-state index contributed by atoms with van der Waals surface area (Å²) in [4.78, 5) is 40.6. The van der Waals surface area contributed by atoms with Gasteiger partial charge < -0.3 is 15.2 Å². The first-order chi connectivity index (χ1) is 17.8. The van der Waals surface area contributed by atoms with Crippen molar-refractivity contribution >= 4 is 18.0 Å². The number of hydrogen-bond donors (Lipinski definition) is 1. The minimum atomic E-state index is -1.02. The van der Waals surface area contributed by atoms with Crippen LogP contribution in [0.25, 0.3) is 0 Å². The topological polar surface area (TPSA) is 98.9 Å². The van der Waals surface area contributed by atoms with E-state index in [9.17, 15) is 14.4 Å². The molecule has 0 saturated carbocycles. The Hall–Kier alpha value is -1.63. The van der Waals surface area contributed by atoms with Gasteiger partial charge in [-0.3, -0.25) is 4.79 Å². The maximum atomic E-state index is 13.3. The SMILES string of the molecule is CCCCCCCCCCCCCCCC(=O)N(C(=O)OC(C)(C)C)[C@@H](CCCCN)C(=O)OC(C)(C)C. The Bertz CT molecular complexity index is 652. The molecule has 7 heteroatoms. The van der Waals surface area contributed by atoms with Gasteiger partial charge in [-0.2, -0.15) is 0 Å². The fraction of sp³-hybridized carbons (Fsp3) is 0.903. The Labute approximate surface area is 233 Å². The van der Waals surface area contributed by atoms with E-state index in [-0.39, 0.29) is 12.3 Å². The van der Waals surface area contributed by atoms with Gasteiger partial charge in [0.2, 0.25) is 5.91 Å². The molecular weight excluding hydrogens is 480 g/mol. The molecule has 0 heterocycles. The molecule has 0 rings (SSSR count). The van der Waals surface area contributed by atoms with Crippen molar-refractivity contribution in [1.82, 2.24) is 4.90 Å². The van der Waals surface area contributed by atoms with Gasteiger partial charge in [-0.1, -0.05) is 84.0 Å². The Kier molecular flexibility index (Phi) is 19.4. The summed E-state index contributed by atoms with van der Waals surface area (Å²) >= 11 is 0. The number of nitrogens with zero attached hydrogens (tertiary/aromatic N) is 1. The zero-order chi connectivity index (χ0) is 29.0. The van der Waals surface area contributed by atoms with Crippen LogP contribution in [0.3, 0.4) is 0 Å². The van der Waals surface area contributed by atoms with Crippen LogP contribution in [0.2, 0.25) is 0 Å². The highest BCUT2D eigenvalue weighted by Crippen LogP contribution is 2.21. The molecule has 0 saturated heterocycles.